The van der Waals surface area contributed by atoms with Gasteiger partial charge in [0, 0.05) is 11.1 Å². The number of carbonyl (C=O) groups is 1. The Morgan fingerprint density at radius 2 is 2.19 bits per heavy atom. The van der Waals surface area contributed by atoms with Crippen molar-refractivity contribution in [3.63, 3.8) is 0 Å². The maximum Gasteiger partial charge on any atom is 0.148 e. The molecule has 0 spiro atoms. The van der Waals surface area contributed by atoms with Crippen LogP contribution in [0, 0.1) is 6.92 Å². The summed E-state index contributed by atoms with van der Waals surface area (Å²) in [6, 6.07) is 6.06. The van der Waals surface area contributed by atoms with Crippen molar-refractivity contribution in [2.45, 2.75) is 32.4 Å². The van der Waals surface area contributed by atoms with Crippen LogP contribution in [0.25, 0.3) is 0 Å². The molecule has 1 aliphatic rings. The number of halogens is 1. The lowest BCUT2D eigenvalue weighted by Gasteiger charge is -2.11. The molecule has 16 heavy (non-hydrogen) atoms. The average Bonchev–Trinajstić information content (AvgIpc) is 2.71. The fourth-order valence-electron chi connectivity index (χ4n) is 1.93. The summed E-state index contributed by atoms with van der Waals surface area (Å²) >= 11 is 5.98. The van der Waals surface area contributed by atoms with E-state index in [1.54, 1.807) is 6.92 Å². The number of aryl methyl sites for hydroxylation is 1. The Kier molecular flexibility index (Phi) is 3.28. The van der Waals surface area contributed by atoms with Gasteiger partial charge in [-0.05, 0) is 37.5 Å². The molecule has 2 rings (SSSR count). The van der Waals surface area contributed by atoms with Crippen molar-refractivity contribution in [3.8, 4) is 0 Å². The van der Waals surface area contributed by atoms with Crippen molar-refractivity contribution in [1.82, 2.24) is 10.9 Å². The minimum absolute atomic E-state index is 0.0824. The lowest BCUT2D eigenvalue weighted by Crippen LogP contribution is -2.35. The number of Topliss-reactive ketones (excluding diaryl/α,β-unsaturated/α-hetero) is 1. The molecule has 1 aliphatic heterocycles. The Morgan fingerprint density at radius 1 is 1.44 bits per heavy atom. The first-order valence-corrected chi connectivity index (χ1v) is 5.73. The van der Waals surface area contributed by atoms with Crippen LogP contribution in [0.4, 0.5) is 0 Å². The molecule has 1 fully saturated rings. The van der Waals surface area contributed by atoms with Crippen molar-refractivity contribution in [2.75, 3.05) is 0 Å². The monoisotopic (exact) mass is 238 g/mol. The first-order valence-electron chi connectivity index (χ1n) is 5.35. The van der Waals surface area contributed by atoms with Crippen LogP contribution >= 0.6 is 11.6 Å². The second-order valence-electron chi connectivity index (χ2n) is 4.25. The SMILES string of the molecule is CC(=O)C1CC(c2ccc(Cl)c(C)c2)NN1. The molecule has 0 aliphatic carbocycles. The van der Waals surface area contributed by atoms with Gasteiger partial charge in [0.1, 0.15) is 5.78 Å². The lowest BCUT2D eigenvalue weighted by molar-refractivity contribution is -0.118. The smallest absolute Gasteiger partial charge is 0.148 e. The zero-order valence-corrected chi connectivity index (χ0v) is 10.1. The van der Waals surface area contributed by atoms with Crippen LogP contribution in [0.15, 0.2) is 18.2 Å². The van der Waals surface area contributed by atoms with E-state index < -0.39 is 0 Å². The van der Waals surface area contributed by atoms with E-state index in [4.69, 9.17) is 11.6 Å². The van der Waals surface area contributed by atoms with Gasteiger partial charge in [0.05, 0.1) is 6.04 Å². The first-order chi connectivity index (χ1) is 7.58. The molecule has 2 N–H and O–H groups in total. The summed E-state index contributed by atoms with van der Waals surface area (Å²) in [5.41, 5.74) is 8.37. The van der Waals surface area contributed by atoms with Crippen LogP contribution in [0.5, 0.6) is 0 Å². The zero-order valence-electron chi connectivity index (χ0n) is 9.38. The van der Waals surface area contributed by atoms with Gasteiger partial charge >= 0.3 is 0 Å². The van der Waals surface area contributed by atoms with Crippen LogP contribution in [0.3, 0.4) is 0 Å². The Morgan fingerprint density at radius 3 is 2.75 bits per heavy atom. The Bertz CT molecular complexity index is 419. The highest BCUT2D eigenvalue weighted by Gasteiger charge is 2.27. The van der Waals surface area contributed by atoms with E-state index in [0.29, 0.717) is 0 Å². The highest BCUT2D eigenvalue weighted by molar-refractivity contribution is 6.31. The molecule has 86 valence electrons. The molecule has 1 heterocycles. The quantitative estimate of drug-likeness (QED) is 0.830. The number of ketones is 1. The summed E-state index contributed by atoms with van der Waals surface area (Å²) in [5, 5.41) is 0.776. The van der Waals surface area contributed by atoms with E-state index in [-0.39, 0.29) is 17.9 Å². The number of rotatable bonds is 2. The number of hydrogen-bond acceptors (Lipinski definition) is 3. The zero-order chi connectivity index (χ0) is 11.7. The second kappa shape index (κ2) is 4.53. The van der Waals surface area contributed by atoms with Crippen LogP contribution in [0.2, 0.25) is 5.02 Å². The molecule has 1 aromatic rings. The molecule has 0 bridgehead atoms. The van der Waals surface area contributed by atoms with Crippen molar-refractivity contribution in [2.24, 2.45) is 0 Å². The average molecular weight is 239 g/mol. The van der Waals surface area contributed by atoms with E-state index in [0.717, 1.165) is 22.6 Å². The van der Waals surface area contributed by atoms with Gasteiger partial charge in [0.25, 0.3) is 0 Å². The van der Waals surface area contributed by atoms with E-state index >= 15 is 0 Å². The van der Waals surface area contributed by atoms with Crippen molar-refractivity contribution in [1.29, 1.82) is 0 Å². The summed E-state index contributed by atoms with van der Waals surface area (Å²) in [4.78, 5) is 11.2. The highest BCUT2D eigenvalue weighted by atomic mass is 35.5. The van der Waals surface area contributed by atoms with Gasteiger partial charge < -0.3 is 0 Å². The molecule has 4 heteroatoms. The normalized spacial score (nSPS) is 24.7. The predicted molar refractivity (Wildman–Crippen MR) is 64.3 cm³/mol. The van der Waals surface area contributed by atoms with Gasteiger partial charge in [-0.2, -0.15) is 0 Å². The molecule has 2 atom stereocenters. The van der Waals surface area contributed by atoms with Crippen molar-refractivity contribution < 1.29 is 4.79 Å². The third kappa shape index (κ3) is 2.26. The van der Waals surface area contributed by atoms with E-state index in [1.165, 1.54) is 0 Å². The van der Waals surface area contributed by atoms with Gasteiger partial charge in [-0.3, -0.25) is 4.79 Å². The number of hydrogen-bond donors (Lipinski definition) is 2. The van der Waals surface area contributed by atoms with E-state index in [1.807, 2.05) is 19.1 Å². The largest absolute Gasteiger partial charge is 0.298 e. The molecule has 0 aromatic heterocycles. The van der Waals surface area contributed by atoms with Gasteiger partial charge in [0.15, 0.2) is 0 Å². The van der Waals surface area contributed by atoms with Gasteiger partial charge in [-0.1, -0.05) is 23.7 Å². The summed E-state index contributed by atoms with van der Waals surface area (Å²) in [5.74, 6) is 0.167. The van der Waals surface area contributed by atoms with Crippen LogP contribution in [-0.2, 0) is 4.79 Å². The van der Waals surface area contributed by atoms with Crippen molar-refractivity contribution in [3.05, 3.63) is 34.3 Å². The maximum atomic E-state index is 11.2. The summed E-state index contributed by atoms with van der Waals surface area (Å²) < 4.78 is 0. The number of nitrogens with one attached hydrogen (secondary N) is 2. The minimum Gasteiger partial charge on any atom is -0.298 e. The van der Waals surface area contributed by atoms with Gasteiger partial charge in [-0.25, -0.2) is 10.9 Å². The molecule has 0 amide bonds. The molecular weight excluding hydrogens is 224 g/mol. The topological polar surface area (TPSA) is 41.1 Å². The van der Waals surface area contributed by atoms with E-state index in [9.17, 15) is 4.79 Å². The molecule has 1 aromatic carbocycles. The first kappa shape index (κ1) is 11.6. The summed E-state index contributed by atoms with van der Waals surface area (Å²) in [6.45, 7) is 3.59. The number of carbonyl (C=O) groups excluding carboxylic acids is 1. The molecule has 2 unspecified atom stereocenters. The predicted octanol–water partition coefficient (Wildman–Crippen LogP) is 2.15. The summed E-state index contributed by atoms with van der Waals surface area (Å²) in [6.07, 6.45) is 0.788. The van der Waals surface area contributed by atoms with Crippen molar-refractivity contribution >= 4 is 17.4 Å². The third-order valence-corrected chi connectivity index (χ3v) is 3.40. The Hall–Kier alpha value is -0.900. The maximum absolute atomic E-state index is 11.2. The van der Waals surface area contributed by atoms with Crippen LogP contribution in [-0.4, -0.2) is 11.8 Å². The molecule has 0 saturated carbocycles. The lowest BCUT2D eigenvalue weighted by atomic mass is 9.99. The van der Waals surface area contributed by atoms with Crippen LogP contribution < -0.4 is 10.9 Å². The molecular formula is C12H15ClN2O. The third-order valence-electron chi connectivity index (χ3n) is 2.98. The summed E-state index contributed by atoms with van der Waals surface area (Å²) in [7, 11) is 0. The fourth-order valence-corrected chi connectivity index (χ4v) is 2.04. The van der Waals surface area contributed by atoms with E-state index in [2.05, 4.69) is 16.9 Å². The van der Waals surface area contributed by atoms with Gasteiger partial charge in [-0.15, -0.1) is 0 Å². The molecule has 1 saturated heterocycles. The Labute approximate surface area is 100 Å². The Balaban J connectivity index is 2.14. The van der Waals surface area contributed by atoms with Crippen LogP contribution in [0.1, 0.15) is 30.5 Å². The van der Waals surface area contributed by atoms with Gasteiger partial charge in [0.2, 0.25) is 0 Å². The highest BCUT2D eigenvalue weighted by Crippen LogP contribution is 2.26. The minimum atomic E-state index is -0.0824. The fraction of sp³-hybridized carbons (Fsp3) is 0.417. The second-order valence-corrected chi connectivity index (χ2v) is 4.66. The standard InChI is InChI=1S/C12H15ClN2O/c1-7-5-9(3-4-10(7)13)12-6-11(8(2)16)14-15-12/h3-5,11-12,14-15H,6H2,1-2H3. The number of hydrazine groups is 1. The molecule has 0 radical (unpaired) electrons. The molecule has 3 nitrogen and oxygen atoms in total. The number of benzene rings is 1.